The molecule has 0 aromatic heterocycles. The van der Waals surface area contributed by atoms with Crippen LogP contribution < -0.4 is 0 Å². The van der Waals surface area contributed by atoms with Gasteiger partial charge < -0.3 is 4.90 Å². The number of piperazine rings is 1. The zero-order valence-corrected chi connectivity index (χ0v) is 11.1. The normalized spacial score (nSPS) is 25.2. The van der Waals surface area contributed by atoms with Crippen molar-refractivity contribution in [2.24, 2.45) is 0 Å². The topological polar surface area (TPSA) is 23.6 Å². The van der Waals surface area contributed by atoms with Gasteiger partial charge in [-0.2, -0.15) is 0 Å². The summed E-state index contributed by atoms with van der Waals surface area (Å²) in [5, 5.41) is 0. The van der Waals surface area contributed by atoms with Crippen molar-refractivity contribution in [3.8, 4) is 0 Å². The van der Waals surface area contributed by atoms with Crippen LogP contribution in [0.15, 0.2) is 24.3 Å². The van der Waals surface area contributed by atoms with Gasteiger partial charge in [0.05, 0.1) is 0 Å². The molecule has 1 fully saturated rings. The molecule has 0 radical (unpaired) electrons. The summed E-state index contributed by atoms with van der Waals surface area (Å²) in [6.07, 6.45) is 0. The second kappa shape index (κ2) is 5.06. The van der Waals surface area contributed by atoms with E-state index in [1.54, 1.807) is 12.1 Å². The Morgan fingerprint density at radius 3 is 2.17 bits per heavy atom. The zero-order valence-electron chi connectivity index (χ0n) is 11.1. The number of benzene rings is 1. The predicted molar refractivity (Wildman–Crippen MR) is 69.0 cm³/mol. The lowest BCUT2D eigenvalue weighted by atomic mass is 10.1. The molecule has 2 atom stereocenters. The highest BCUT2D eigenvalue weighted by atomic mass is 19.1. The molecule has 0 spiro atoms. The summed E-state index contributed by atoms with van der Waals surface area (Å²) in [5.74, 6) is -0.325. The molecule has 4 heteroatoms. The Bertz CT molecular complexity index is 420. The molecule has 0 N–H and O–H groups in total. The minimum atomic E-state index is -0.313. The number of hydrogen-bond acceptors (Lipinski definition) is 2. The molecule has 2 rings (SSSR count). The van der Waals surface area contributed by atoms with Gasteiger partial charge in [-0.05, 0) is 45.2 Å². The van der Waals surface area contributed by atoms with E-state index in [1.807, 2.05) is 4.90 Å². The third-order valence-electron chi connectivity index (χ3n) is 3.74. The summed E-state index contributed by atoms with van der Waals surface area (Å²) < 4.78 is 12.8. The first-order chi connectivity index (χ1) is 8.49. The van der Waals surface area contributed by atoms with Gasteiger partial charge >= 0.3 is 0 Å². The average molecular weight is 250 g/mol. The smallest absolute Gasteiger partial charge is 0.253 e. The van der Waals surface area contributed by atoms with Crippen molar-refractivity contribution >= 4 is 5.91 Å². The summed E-state index contributed by atoms with van der Waals surface area (Å²) in [6.45, 7) is 5.66. The van der Waals surface area contributed by atoms with Crippen LogP contribution in [-0.2, 0) is 0 Å². The molecule has 1 aromatic rings. The lowest BCUT2D eigenvalue weighted by molar-refractivity contribution is 0.0414. The first kappa shape index (κ1) is 13.0. The summed E-state index contributed by atoms with van der Waals surface area (Å²) in [7, 11) is 2.08. The van der Waals surface area contributed by atoms with Gasteiger partial charge in [0, 0.05) is 30.7 Å². The molecule has 2 unspecified atom stereocenters. The summed E-state index contributed by atoms with van der Waals surface area (Å²) >= 11 is 0. The monoisotopic (exact) mass is 250 g/mol. The van der Waals surface area contributed by atoms with E-state index in [-0.39, 0.29) is 11.7 Å². The number of carbonyl (C=O) groups excluding carboxylic acids is 1. The molecule has 98 valence electrons. The lowest BCUT2D eigenvalue weighted by Crippen LogP contribution is -2.56. The van der Waals surface area contributed by atoms with Crippen molar-refractivity contribution in [3.63, 3.8) is 0 Å². The minimum Gasteiger partial charge on any atom is -0.336 e. The van der Waals surface area contributed by atoms with E-state index >= 15 is 0 Å². The standard InChI is InChI=1S/C14H19FN2O/c1-10-8-17(9-11(2)16(10)3)14(18)12-4-6-13(15)7-5-12/h4-7,10-11H,8-9H2,1-3H3. The Kier molecular flexibility index (Phi) is 3.66. The fraction of sp³-hybridized carbons (Fsp3) is 0.500. The van der Waals surface area contributed by atoms with Crippen LogP contribution in [0.1, 0.15) is 24.2 Å². The minimum absolute atomic E-state index is 0.0122. The maximum Gasteiger partial charge on any atom is 0.253 e. The van der Waals surface area contributed by atoms with Crippen LogP contribution >= 0.6 is 0 Å². The van der Waals surface area contributed by atoms with E-state index < -0.39 is 0 Å². The van der Waals surface area contributed by atoms with Gasteiger partial charge in [0.15, 0.2) is 0 Å². The van der Waals surface area contributed by atoms with E-state index in [2.05, 4.69) is 25.8 Å². The highest BCUT2D eigenvalue weighted by Crippen LogP contribution is 2.16. The largest absolute Gasteiger partial charge is 0.336 e. The molecule has 0 saturated carbocycles. The van der Waals surface area contributed by atoms with Crippen LogP contribution in [-0.4, -0.2) is 47.9 Å². The van der Waals surface area contributed by atoms with Gasteiger partial charge in [-0.3, -0.25) is 9.69 Å². The SMILES string of the molecule is CC1CN(C(=O)c2ccc(F)cc2)CC(C)N1C. The molecule has 0 bridgehead atoms. The van der Waals surface area contributed by atoms with Crippen LogP contribution in [0, 0.1) is 5.82 Å². The van der Waals surface area contributed by atoms with Crippen molar-refractivity contribution in [3.05, 3.63) is 35.6 Å². The van der Waals surface area contributed by atoms with E-state index in [9.17, 15) is 9.18 Å². The Hall–Kier alpha value is -1.42. The predicted octanol–water partition coefficient (Wildman–Crippen LogP) is 1.99. The molecule has 1 aliphatic rings. The molecule has 3 nitrogen and oxygen atoms in total. The van der Waals surface area contributed by atoms with Gasteiger partial charge in [0.25, 0.3) is 5.91 Å². The molecule has 1 amide bonds. The molecule has 18 heavy (non-hydrogen) atoms. The number of rotatable bonds is 1. The lowest BCUT2D eigenvalue weighted by Gasteiger charge is -2.42. The number of amides is 1. The Morgan fingerprint density at radius 2 is 1.67 bits per heavy atom. The molecular formula is C14H19FN2O. The van der Waals surface area contributed by atoms with Crippen molar-refractivity contribution in [1.29, 1.82) is 0 Å². The van der Waals surface area contributed by atoms with Crippen LogP contribution in [0.3, 0.4) is 0 Å². The average Bonchev–Trinajstić information content (AvgIpc) is 2.35. The second-order valence-electron chi connectivity index (χ2n) is 5.08. The van der Waals surface area contributed by atoms with Crippen LogP contribution in [0.25, 0.3) is 0 Å². The van der Waals surface area contributed by atoms with E-state index in [4.69, 9.17) is 0 Å². The summed E-state index contributed by atoms with van der Waals surface area (Å²) in [6, 6.07) is 6.44. The first-order valence-corrected chi connectivity index (χ1v) is 6.26. The molecule has 1 aliphatic heterocycles. The molecule has 0 aliphatic carbocycles. The second-order valence-corrected chi connectivity index (χ2v) is 5.08. The summed E-state index contributed by atoms with van der Waals surface area (Å²) in [4.78, 5) is 16.4. The number of likely N-dealkylation sites (N-methyl/N-ethyl adjacent to an activating group) is 1. The Balaban J connectivity index is 2.12. The molecule has 1 heterocycles. The molecule has 1 aromatic carbocycles. The fourth-order valence-electron chi connectivity index (χ4n) is 2.35. The van der Waals surface area contributed by atoms with Crippen LogP contribution in [0.5, 0.6) is 0 Å². The van der Waals surface area contributed by atoms with Crippen molar-refractivity contribution in [1.82, 2.24) is 9.80 Å². The maximum absolute atomic E-state index is 12.8. The Labute approximate surface area is 107 Å². The summed E-state index contributed by atoms with van der Waals surface area (Å²) in [5.41, 5.74) is 0.556. The quantitative estimate of drug-likeness (QED) is 0.761. The molecule has 1 saturated heterocycles. The third-order valence-corrected chi connectivity index (χ3v) is 3.74. The van der Waals surface area contributed by atoms with Gasteiger partial charge in [-0.15, -0.1) is 0 Å². The van der Waals surface area contributed by atoms with Crippen LogP contribution in [0.4, 0.5) is 4.39 Å². The highest BCUT2D eigenvalue weighted by Gasteiger charge is 2.29. The first-order valence-electron chi connectivity index (χ1n) is 6.26. The van der Waals surface area contributed by atoms with Crippen molar-refractivity contribution in [2.45, 2.75) is 25.9 Å². The van der Waals surface area contributed by atoms with Crippen molar-refractivity contribution < 1.29 is 9.18 Å². The number of halogens is 1. The Morgan fingerprint density at radius 1 is 1.17 bits per heavy atom. The van der Waals surface area contributed by atoms with E-state index in [0.29, 0.717) is 17.6 Å². The van der Waals surface area contributed by atoms with Gasteiger partial charge in [-0.1, -0.05) is 0 Å². The molecular weight excluding hydrogens is 231 g/mol. The van der Waals surface area contributed by atoms with Crippen LogP contribution in [0.2, 0.25) is 0 Å². The number of carbonyl (C=O) groups is 1. The maximum atomic E-state index is 12.8. The van der Waals surface area contributed by atoms with Gasteiger partial charge in [-0.25, -0.2) is 4.39 Å². The van der Waals surface area contributed by atoms with E-state index in [1.165, 1.54) is 12.1 Å². The van der Waals surface area contributed by atoms with Gasteiger partial charge in [0.2, 0.25) is 0 Å². The van der Waals surface area contributed by atoms with E-state index in [0.717, 1.165) is 13.1 Å². The zero-order chi connectivity index (χ0) is 13.3. The number of nitrogens with zero attached hydrogens (tertiary/aromatic N) is 2. The van der Waals surface area contributed by atoms with Gasteiger partial charge in [0.1, 0.15) is 5.82 Å². The highest BCUT2D eigenvalue weighted by molar-refractivity contribution is 5.94. The number of hydrogen-bond donors (Lipinski definition) is 0. The van der Waals surface area contributed by atoms with Crippen molar-refractivity contribution in [2.75, 3.05) is 20.1 Å². The third kappa shape index (κ3) is 2.53. The fourth-order valence-corrected chi connectivity index (χ4v) is 2.35.